The Morgan fingerprint density at radius 2 is 1.86 bits per heavy atom. The van der Waals surface area contributed by atoms with Gasteiger partial charge in [-0.2, -0.15) is 0 Å². The van der Waals surface area contributed by atoms with Crippen LogP contribution in [0, 0.1) is 28.6 Å². The van der Waals surface area contributed by atoms with Gasteiger partial charge >= 0.3 is 0 Å². The Hall–Kier alpha value is -0.710. The third-order valence-electron chi connectivity index (χ3n) is 9.48. The molecule has 0 aromatic rings. The van der Waals surface area contributed by atoms with Crippen LogP contribution in [-0.2, 0) is 4.79 Å². The van der Waals surface area contributed by atoms with Gasteiger partial charge in [-0.3, -0.25) is 4.79 Å². The minimum atomic E-state index is -1.15. The van der Waals surface area contributed by atoms with Crippen molar-refractivity contribution in [2.24, 2.45) is 28.6 Å². The van der Waals surface area contributed by atoms with Crippen molar-refractivity contribution >= 4 is 5.78 Å². The van der Waals surface area contributed by atoms with Crippen LogP contribution in [0.1, 0.15) is 71.6 Å². The number of carbonyl (C=O) groups is 1. The zero-order chi connectivity index (χ0) is 20.3. The number of hydrogen-bond acceptors (Lipinski definition) is 4. The molecule has 3 fully saturated rings. The first-order chi connectivity index (χ1) is 13.1. The predicted octanol–water partition coefficient (Wildman–Crippen LogP) is 3.56. The Balaban J connectivity index is 1.59. The number of aliphatic hydroxyl groups excluding tert-OH is 1. The summed E-state index contributed by atoms with van der Waals surface area (Å²) in [7, 11) is 3.96. The molecule has 0 spiro atoms. The molecule has 2 N–H and O–H groups in total. The molecule has 0 bridgehead atoms. The summed E-state index contributed by atoms with van der Waals surface area (Å²) in [4.78, 5) is 15.1. The van der Waals surface area contributed by atoms with Crippen LogP contribution >= 0.6 is 0 Å². The highest BCUT2D eigenvalue weighted by molar-refractivity contribution is 5.88. The second-order valence-electron chi connectivity index (χ2n) is 11.0. The smallest absolute Gasteiger partial charge is 0.166 e. The quantitative estimate of drug-likeness (QED) is 0.722. The predicted molar refractivity (Wildman–Crippen MR) is 111 cm³/mol. The highest BCUT2D eigenvalue weighted by Gasteiger charge is 2.65. The molecule has 0 amide bonds. The summed E-state index contributed by atoms with van der Waals surface area (Å²) in [6.45, 7) is 5.34. The topological polar surface area (TPSA) is 60.8 Å². The molecule has 0 aliphatic heterocycles. The number of fused-ring (bicyclic) bond motifs is 5. The molecular formula is C24H39NO3. The van der Waals surface area contributed by atoms with E-state index in [0.29, 0.717) is 37.1 Å². The summed E-state index contributed by atoms with van der Waals surface area (Å²) in [5, 5.41) is 21.8. The Morgan fingerprint density at radius 3 is 2.57 bits per heavy atom. The number of allylic oxidation sites excluding steroid dienone is 1. The number of rotatable bonds is 4. The molecule has 4 heteroatoms. The molecule has 158 valence electrons. The molecule has 4 aliphatic rings. The minimum absolute atomic E-state index is 0.0590. The van der Waals surface area contributed by atoms with E-state index in [1.165, 1.54) is 5.57 Å². The van der Waals surface area contributed by atoms with Crippen LogP contribution in [0.15, 0.2) is 11.6 Å². The Morgan fingerprint density at radius 1 is 1.14 bits per heavy atom. The second kappa shape index (κ2) is 6.92. The molecule has 28 heavy (non-hydrogen) atoms. The first-order valence-electron chi connectivity index (χ1n) is 11.4. The van der Waals surface area contributed by atoms with Gasteiger partial charge in [0.1, 0.15) is 5.60 Å². The molecule has 4 rings (SSSR count). The second-order valence-corrected chi connectivity index (χ2v) is 11.0. The van der Waals surface area contributed by atoms with Gasteiger partial charge in [-0.05, 0) is 88.6 Å². The number of aliphatic hydroxyl groups is 2. The molecule has 3 saturated carbocycles. The number of Topliss-reactive ketones (excluding diaryl/α,β-unsaturated/α-hetero) is 1. The zero-order valence-corrected chi connectivity index (χ0v) is 18.2. The van der Waals surface area contributed by atoms with E-state index in [-0.39, 0.29) is 22.7 Å². The molecule has 7 atom stereocenters. The molecule has 4 aliphatic carbocycles. The van der Waals surface area contributed by atoms with Crippen LogP contribution in [0.5, 0.6) is 0 Å². The minimum Gasteiger partial charge on any atom is -0.393 e. The van der Waals surface area contributed by atoms with Crippen molar-refractivity contribution in [3.8, 4) is 0 Å². The standard InChI is InChI=1S/C24H39NO3/c1-22-11-7-17(26)15-16(22)5-6-18-19(22)8-12-23(2)20(18)9-13-24(23,28)21(27)10-14-25(3)4/h5,17-20,26,28H,6-15H2,1-4H3/t17-,18-,19+,20+,22+,23+,24+/m1/s1. The summed E-state index contributed by atoms with van der Waals surface area (Å²) < 4.78 is 0. The maximum absolute atomic E-state index is 13.1. The van der Waals surface area contributed by atoms with Crippen molar-refractivity contribution in [1.29, 1.82) is 0 Å². The molecule has 0 aromatic carbocycles. The van der Waals surface area contributed by atoms with Gasteiger partial charge in [0.2, 0.25) is 0 Å². The van der Waals surface area contributed by atoms with E-state index in [2.05, 4.69) is 19.9 Å². The first kappa shape index (κ1) is 20.6. The lowest BCUT2D eigenvalue weighted by molar-refractivity contribution is -0.161. The molecule has 4 nitrogen and oxygen atoms in total. The number of hydrogen-bond donors (Lipinski definition) is 2. The van der Waals surface area contributed by atoms with Crippen LogP contribution in [0.4, 0.5) is 0 Å². The third-order valence-corrected chi connectivity index (χ3v) is 9.48. The molecule has 0 heterocycles. The van der Waals surface area contributed by atoms with Crippen molar-refractivity contribution in [3.63, 3.8) is 0 Å². The van der Waals surface area contributed by atoms with E-state index >= 15 is 0 Å². The number of ketones is 1. The largest absolute Gasteiger partial charge is 0.393 e. The summed E-state index contributed by atoms with van der Waals surface area (Å²) in [6.07, 6.45) is 10.2. The highest BCUT2D eigenvalue weighted by Crippen LogP contribution is 2.67. The van der Waals surface area contributed by atoms with Gasteiger partial charge in [0.15, 0.2) is 5.78 Å². The molecule has 0 aromatic heterocycles. The van der Waals surface area contributed by atoms with Gasteiger partial charge in [-0.25, -0.2) is 0 Å². The van der Waals surface area contributed by atoms with E-state index in [1.807, 2.05) is 19.0 Å². The molecule has 0 unspecified atom stereocenters. The summed E-state index contributed by atoms with van der Waals surface area (Å²) in [6, 6.07) is 0. The normalized spacial score (nSPS) is 47.9. The van der Waals surface area contributed by atoms with Crippen LogP contribution in [0.25, 0.3) is 0 Å². The lowest BCUT2D eigenvalue weighted by Gasteiger charge is -2.58. The van der Waals surface area contributed by atoms with Gasteiger partial charge in [0.25, 0.3) is 0 Å². The van der Waals surface area contributed by atoms with Gasteiger partial charge < -0.3 is 15.1 Å². The van der Waals surface area contributed by atoms with Gasteiger partial charge in [-0.15, -0.1) is 0 Å². The Bertz CT molecular complexity index is 673. The third kappa shape index (κ3) is 2.86. The molecule has 0 saturated heterocycles. The monoisotopic (exact) mass is 389 g/mol. The van der Waals surface area contributed by atoms with Gasteiger partial charge in [0.05, 0.1) is 6.10 Å². The molecular weight excluding hydrogens is 350 g/mol. The van der Waals surface area contributed by atoms with Crippen LogP contribution < -0.4 is 0 Å². The fraction of sp³-hybridized carbons (Fsp3) is 0.875. The van der Waals surface area contributed by atoms with Crippen molar-refractivity contribution in [3.05, 3.63) is 11.6 Å². The Kier molecular flexibility index (Phi) is 5.08. The summed E-state index contributed by atoms with van der Waals surface area (Å²) in [5.74, 6) is 1.69. The first-order valence-corrected chi connectivity index (χ1v) is 11.4. The summed E-state index contributed by atoms with van der Waals surface area (Å²) >= 11 is 0. The number of nitrogens with zero attached hydrogens (tertiary/aromatic N) is 1. The van der Waals surface area contributed by atoms with E-state index in [0.717, 1.165) is 44.9 Å². The van der Waals surface area contributed by atoms with E-state index < -0.39 is 5.60 Å². The van der Waals surface area contributed by atoms with Crippen molar-refractivity contribution in [2.75, 3.05) is 20.6 Å². The van der Waals surface area contributed by atoms with Gasteiger partial charge in [-0.1, -0.05) is 25.5 Å². The molecule has 0 radical (unpaired) electrons. The van der Waals surface area contributed by atoms with E-state index in [4.69, 9.17) is 0 Å². The van der Waals surface area contributed by atoms with Crippen molar-refractivity contribution < 1.29 is 15.0 Å². The average molecular weight is 390 g/mol. The lowest BCUT2D eigenvalue weighted by Crippen LogP contribution is -2.57. The SMILES string of the molecule is CN(C)CCC(=O)[C@@]1(O)CC[C@H]2[C@@H]3CC=C4C[C@H](O)CC[C@]4(C)[C@H]3CC[C@@]21C. The van der Waals surface area contributed by atoms with Crippen molar-refractivity contribution in [1.82, 2.24) is 4.90 Å². The zero-order valence-electron chi connectivity index (χ0n) is 18.2. The van der Waals surface area contributed by atoms with E-state index in [1.54, 1.807) is 0 Å². The van der Waals surface area contributed by atoms with Crippen molar-refractivity contribution in [2.45, 2.75) is 83.3 Å². The maximum atomic E-state index is 13.1. The highest BCUT2D eigenvalue weighted by atomic mass is 16.3. The number of carbonyl (C=O) groups excluding carboxylic acids is 1. The lowest BCUT2D eigenvalue weighted by atomic mass is 9.46. The van der Waals surface area contributed by atoms with Crippen LogP contribution in [-0.4, -0.2) is 53.2 Å². The van der Waals surface area contributed by atoms with Gasteiger partial charge in [0, 0.05) is 18.4 Å². The van der Waals surface area contributed by atoms with Crippen LogP contribution in [0.3, 0.4) is 0 Å². The fourth-order valence-corrected chi connectivity index (χ4v) is 7.65. The average Bonchev–Trinajstić information content (AvgIpc) is 2.92. The fourth-order valence-electron chi connectivity index (χ4n) is 7.65. The Labute approximate surface area is 170 Å². The summed E-state index contributed by atoms with van der Waals surface area (Å²) in [5.41, 5.74) is 0.255. The van der Waals surface area contributed by atoms with E-state index in [9.17, 15) is 15.0 Å². The van der Waals surface area contributed by atoms with Crippen LogP contribution in [0.2, 0.25) is 0 Å². The maximum Gasteiger partial charge on any atom is 0.166 e.